The smallest absolute Gasteiger partial charge is 0.274 e. The van der Waals surface area contributed by atoms with Crippen molar-refractivity contribution in [2.75, 3.05) is 5.32 Å². The van der Waals surface area contributed by atoms with E-state index in [1.165, 1.54) is 0 Å². The van der Waals surface area contributed by atoms with Gasteiger partial charge in [-0.15, -0.1) is 0 Å². The molecule has 0 aliphatic heterocycles. The summed E-state index contributed by atoms with van der Waals surface area (Å²) in [5.74, 6) is 0. The Bertz CT molecular complexity index is 662. The molecule has 2 rings (SSSR count). The van der Waals surface area contributed by atoms with Crippen LogP contribution in [0.1, 0.15) is 36.7 Å². The van der Waals surface area contributed by atoms with Crippen LogP contribution in [0.4, 0.5) is 11.4 Å². The molecule has 1 heterocycles. The Morgan fingerprint density at radius 2 is 2.05 bits per heavy atom. The third kappa shape index (κ3) is 3.21. The number of hydrogen-bond donors (Lipinski definition) is 1. The summed E-state index contributed by atoms with van der Waals surface area (Å²) in [6.45, 7) is 8.46. The van der Waals surface area contributed by atoms with Crippen molar-refractivity contribution in [1.82, 2.24) is 9.55 Å². The summed E-state index contributed by atoms with van der Waals surface area (Å²) in [6.07, 6.45) is 3.61. The first-order chi connectivity index (χ1) is 9.90. The average molecular weight is 288 g/mol. The van der Waals surface area contributed by atoms with Crippen molar-refractivity contribution in [3.05, 3.63) is 51.6 Å². The van der Waals surface area contributed by atoms with E-state index in [1.807, 2.05) is 19.2 Å². The fourth-order valence-electron chi connectivity index (χ4n) is 2.35. The van der Waals surface area contributed by atoms with Gasteiger partial charge in [-0.25, -0.2) is 4.98 Å². The van der Waals surface area contributed by atoms with Crippen molar-refractivity contribution >= 4 is 11.4 Å². The highest BCUT2D eigenvalue weighted by atomic mass is 16.6. The largest absolute Gasteiger partial charge is 0.379 e. The van der Waals surface area contributed by atoms with E-state index < -0.39 is 0 Å². The topological polar surface area (TPSA) is 73.0 Å². The molecule has 0 spiro atoms. The van der Waals surface area contributed by atoms with Crippen molar-refractivity contribution < 1.29 is 4.92 Å². The monoisotopic (exact) mass is 288 g/mol. The lowest BCUT2D eigenvalue weighted by molar-refractivity contribution is -0.385. The maximum absolute atomic E-state index is 11.0. The van der Waals surface area contributed by atoms with Crippen molar-refractivity contribution in [2.24, 2.45) is 0 Å². The van der Waals surface area contributed by atoms with Crippen LogP contribution >= 0.6 is 0 Å². The number of nitrogens with zero attached hydrogens (tertiary/aromatic N) is 3. The molecular formula is C15H20N4O2. The molecule has 1 N–H and O–H groups in total. The van der Waals surface area contributed by atoms with E-state index in [1.54, 1.807) is 19.3 Å². The van der Waals surface area contributed by atoms with Crippen LogP contribution < -0.4 is 5.32 Å². The predicted molar refractivity (Wildman–Crippen MR) is 82.5 cm³/mol. The molecule has 0 aliphatic rings. The van der Waals surface area contributed by atoms with E-state index in [-0.39, 0.29) is 10.6 Å². The zero-order valence-corrected chi connectivity index (χ0v) is 12.8. The summed E-state index contributed by atoms with van der Waals surface area (Å²) in [4.78, 5) is 14.8. The lowest BCUT2D eigenvalue weighted by Gasteiger charge is -2.14. The second-order valence-corrected chi connectivity index (χ2v) is 5.45. The maximum atomic E-state index is 11.0. The lowest BCUT2D eigenvalue weighted by atomic mass is 10.1. The number of anilines is 1. The zero-order chi connectivity index (χ0) is 15.6. The second kappa shape index (κ2) is 5.95. The van der Waals surface area contributed by atoms with Gasteiger partial charge in [-0.3, -0.25) is 10.1 Å². The minimum Gasteiger partial charge on any atom is -0.379 e. The van der Waals surface area contributed by atoms with Crippen molar-refractivity contribution in [3.8, 4) is 0 Å². The Balaban J connectivity index is 2.22. The third-order valence-corrected chi connectivity index (χ3v) is 3.50. The molecular weight excluding hydrogens is 268 g/mol. The number of rotatable bonds is 5. The van der Waals surface area contributed by atoms with Gasteiger partial charge >= 0.3 is 0 Å². The van der Waals surface area contributed by atoms with Crippen LogP contribution in [0.3, 0.4) is 0 Å². The zero-order valence-electron chi connectivity index (χ0n) is 12.8. The van der Waals surface area contributed by atoms with Gasteiger partial charge in [-0.2, -0.15) is 0 Å². The van der Waals surface area contributed by atoms with Crippen molar-refractivity contribution in [1.29, 1.82) is 0 Å². The van der Waals surface area contributed by atoms with Gasteiger partial charge < -0.3 is 9.88 Å². The van der Waals surface area contributed by atoms with Crippen LogP contribution in [0.25, 0.3) is 0 Å². The highest BCUT2D eigenvalue weighted by Crippen LogP contribution is 2.26. The van der Waals surface area contributed by atoms with Gasteiger partial charge in [0.05, 0.1) is 23.5 Å². The molecule has 112 valence electrons. The highest BCUT2D eigenvalue weighted by Gasteiger charge is 2.14. The first-order valence-corrected chi connectivity index (χ1v) is 6.90. The van der Waals surface area contributed by atoms with Gasteiger partial charge in [0.2, 0.25) is 0 Å². The number of nitro benzene ring substituents is 1. The minimum absolute atomic E-state index is 0.139. The lowest BCUT2D eigenvalue weighted by Crippen LogP contribution is -2.09. The molecule has 0 bridgehead atoms. The molecule has 0 radical (unpaired) electrons. The number of aryl methyl sites for hydroxylation is 2. The van der Waals surface area contributed by atoms with E-state index in [9.17, 15) is 10.1 Å². The number of imidazole rings is 1. The number of benzene rings is 1. The second-order valence-electron chi connectivity index (χ2n) is 5.45. The quantitative estimate of drug-likeness (QED) is 0.674. The fraction of sp³-hybridized carbons (Fsp3) is 0.400. The molecule has 0 atom stereocenters. The van der Waals surface area contributed by atoms with Crippen LogP contribution in [0, 0.1) is 24.0 Å². The summed E-state index contributed by atoms with van der Waals surface area (Å²) in [5, 5.41) is 14.3. The fourth-order valence-corrected chi connectivity index (χ4v) is 2.35. The molecule has 21 heavy (non-hydrogen) atoms. The van der Waals surface area contributed by atoms with E-state index in [4.69, 9.17) is 0 Å². The molecule has 2 aromatic rings. The number of nitro groups is 1. The number of nitrogens with one attached hydrogen (secondary N) is 1. The Labute approximate surface area is 124 Å². The van der Waals surface area contributed by atoms with Gasteiger partial charge in [0.1, 0.15) is 0 Å². The maximum Gasteiger partial charge on any atom is 0.274 e. The van der Waals surface area contributed by atoms with Crippen LogP contribution in [0.2, 0.25) is 0 Å². The van der Waals surface area contributed by atoms with Gasteiger partial charge in [0, 0.05) is 29.6 Å². The summed E-state index contributed by atoms with van der Waals surface area (Å²) < 4.78 is 2.07. The number of aromatic nitrogens is 2. The Morgan fingerprint density at radius 1 is 1.33 bits per heavy atom. The molecule has 6 heteroatoms. The van der Waals surface area contributed by atoms with Crippen LogP contribution in [-0.2, 0) is 6.54 Å². The molecule has 1 aromatic carbocycles. The molecule has 0 saturated heterocycles. The SMILES string of the molecule is Cc1cc(C)c([N+](=O)[O-])cc1NCc1cncn1C(C)C. The summed E-state index contributed by atoms with van der Waals surface area (Å²) in [7, 11) is 0. The Morgan fingerprint density at radius 3 is 2.67 bits per heavy atom. The molecule has 6 nitrogen and oxygen atoms in total. The molecule has 0 unspecified atom stereocenters. The highest BCUT2D eigenvalue weighted by molar-refractivity contribution is 5.60. The van der Waals surface area contributed by atoms with Crippen LogP contribution in [0.15, 0.2) is 24.7 Å². The summed E-state index contributed by atoms with van der Waals surface area (Å²) in [5.41, 5.74) is 3.64. The van der Waals surface area contributed by atoms with E-state index >= 15 is 0 Å². The molecule has 0 saturated carbocycles. The van der Waals surface area contributed by atoms with Crippen molar-refractivity contribution in [3.63, 3.8) is 0 Å². The first-order valence-electron chi connectivity index (χ1n) is 6.90. The Hall–Kier alpha value is -2.37. The molecule has 0 aliphatic carbocycles. The molecule has 0 amide bonds. The molecule has 1 aromatic heterocycles. The normalized spacial score (nSPS) is 10.9. The van der Waals surface area contributed by atoms with Gasteiger partial charge in [-0.05, 0) is 39.3 Å². The van der Waals surface area contributed by atoms with Crippen LogP contribution in [0.5, 0.6) is 0 Å². The summed E-state index contributed by atoms with van der Waals surface area (Å²) >= 11 is 0. The van der Waals surface area contributed by atoms with Crippen LogP contribution in [-0.4, -0.2) is 14.5 Å². The van der Waals surface area contributed by atoms with Gasteiger partial charge in [0.25, 0.3) is 5.69 Å². The predicted octanol–water partition coefficient (Wildman–Crippen LogP) is 3.60. The summed E-state index contributed by atoms with van der Waals surface area (Å²) in [6, 6.07) is 3.76. The minimum atomic E-state index is -0.349. The molecule has 0 fully saturated rings. The van der Waals surface area contributed by atoms with E-state index in [0.717, 1.165) is 16.9 Å². The Kier molecular flexibility index (Phi) is 4.26. The average Bonchev–Trinajstić information content (AvgIpc) is 2.85. The number of hydrogen-bond acceptors (Lipinski definition) is 4. The van der Waals surface area contributed by atoms with Crippen molar-refractivity contribution in [2.45, 2.75) is 40.3 Å². The van der Waals surface area contributed by atoms with Gasteiger partial charge in [-0.1, -0.05) is 0 Å². The third-order valence-electron chi connectivity index (χ3n) is 3.50. The van der Waals surface area contributed by atoms with Gasteiger partial charge in [0.15, 0.2) is 0 Å². The first kappa shape index (κ1) is 15.0. The van der Waals surface area contributed by atoms with E-state index in [0.29, 0.717) is 18.2 Å². The standard InChI is InChI=1S/C15H20N4O2/c1-10(2)18-9-16-7-13(18)8-17-14-6-15(19(20)21)12(4)5-11(14)3/h5-7,9-10,17H,8H2,1-4H3. The van der Waals surface area contributed by atoms with E-state index in [2.05, 4.69) is 28.7 Å².